The van der Waals surface area contributed by atoms with Crippen molar-refractivity contribution in [2.75, 3.05) is 11.5 Å². The van der Waals surface area contributed by atoms with Gasteiger partial charge in [0.05, 0.1) is 22.1 Å². The smallest absolute Gasteiger partial charge is 0.421 e. The van der Waals surface area contributed by atoms with Gasteiger partial charge in [-0.2, -0.15) is 5.10 Å². The van der Waals surface area contributed by atoms with Gasteiger partial charge in [-0.25, -0.2) is 15.1 Å². The molecule has 0 saturated heterocycles. The van der Waals surface area contributed by atoms with Crippen molar-refractivity contribution in [1.82, 2.24) is 5.43 Å². The number of thioether (sulfide) groups is 1. The Bertz CT molecular complexity index is 847. The lowest BCUT2D eigenvalue weighted by molar-refractivity contribution is -0.121. The van der Waals surface area contributed by atoms with Crippen LogP contribution in [0.3, 0.4) is 0 Å². The average Bonchev–Trinajstić information content (AvgIpc) is 2.79. The van der Waals surface area contributed by atoms with Gasteiger partial charge in [0, 0.05) is 0 Å². The standard InChI is InChI=1S/C18H19N3O4S/c1-5-8-25-17(24)21-13-7-6-11(9-12(13)18(3,4)15(21)22)14-10(2)26-16(23)20-19-14/h5-7,9-10H,1,8H2,2-4H3,(H,20,23). The van der Waals surface area contributed by atoms with Crippen molar-refractivity contribution in [2.24, 2.45) is 5.10 Å². The average molecular weight is 373 g/mol. The maximum Gasteiger partial charge on any atom is 0.421 e. The van der Waals surface area contributed by atoms with Gasteiger partial charge in [-0.3, -0.25) is 9.59 Å². The van der Waals surface area contributed by atoms with Crippen LogP contribution in [-0.2, 0) is 14.9 Å². The fourth-order valence-corrected chi connectivity index (χ4v) is 3.73. The number of carbonyl (C=O) groups excluding carboxylic acids is 3. The summed E-state index contributed by atoms with van der Waals surface area (Å²) in [6, 6.07) is 5.35. The summed E-state index contributed by atoms with van der Waals surface area (Å²) in [5, 5.41) is 3.83. The van der Waals surface area contributed by atoms with Crippen LogP contribution in [0.2, 0.25) is 0 Å². The van der Waals surface area contributed by atoms with Crippen LogP contribution in [0.25, 0.3) is 0 Å². The van der Waals surface area contributed by atoms with Crippen molar-refractivity contribution in [3.05, 3.63) is 42.0 Å². The van der Waals surface area contributed by atoms with Crippen molar-refractivity contribution in [1.29, 1.82) is 0 Å². The summed E-state index contributed by atoms with van der Waals surface area (Å²) in [6.07, 6.45) is 0.725. The molecule has 26 heavy (non-hydrogen) atoms. The summed E-state index contributed by atoms with van der Waals surface area (Å²) >= 11 is 1.15. The number of nitrogens with zero attached hydrogens (tertiary/aromatic N) is 2. The zero-order chi connectivity index (χ0) is 19.1. The first kappa shape index (κ1) is 18.2. The third kappa shape index (κ3) is 2.90. The van der Waals surface area contributed by atoms with Gasteiger partial charge in [-0.15, -0.1) is 0 Å². The Morgan fingerprint density at radius 1 is 1.46 bits per heavy atom. The van der Waals surface area contributed by atoms with Gasteiger partial charge in [0.15, 0.2) is 0 Å². The summed E-state index contributed by atoms with van der Waals surface area (Å²) in [5.41, 5.74) is 4.30. The largest absolute Gasteiger partial charge is 0.445 e. The zero-order valence-corrected chi connectivity index (χ0v) is 15.6. The van der Waals surface area contributed by atoms with Crippen LogP contribution in [0.15, 0.2) is 36.0 Å². The number of anilines is 1. The summed E-state index contributed by atoms with van der Waals surface area (Å²) in [7, 11) is 0. The first-order chi connectivity index (χ1) is 12.3. The first-order valence-electron chi connectivity index (χ1n) is 8.08. The summed E-state index contributed by atoms with van der Waals surface area (Å²) in [5.74, 6) is -0.347. The molecular formula is C18H19N3O4S. The highest BCUT2D eigenvalue weighted by molar-refractivity contribution is 8.14. The second-order valence-corrected chi connectivity index (χ2v) is 7.83. The molecular weight excluding hydrogens is 354 g/mol. The molecule has 1 atom stereocenters. The minimum absolute atomic E-state index is 0.0295. The second kappa shape index (κ2) is 6.60. The van der Waals surface area contributed by atoms with Crippen LogP contribution in [0, 0.1) is 0 Å². The fourth-order valence-electron chi connectivity index (χ4n) is 3.01. The number of carbonyl (C=O) groups is 3. The predicted octanol–water partition coefficient (Wildman–Crippen LogP) is 3.18. The number of ether oxygens (including phenoxy) is 1. The molecule has 7 nitrogen and oxygen atoms in total. The summed E-state index contributed by atoms with van der Waals surface area (Å²) in [6.45, 7) is 8.95. The lowest BCUT2D eigenvalue weighted by Crippen LogP contribution is -2.40. The van der Waals surface area contributed by atoms with E-state index in [2.05, 4.69) is 17.1 Å². The van der Waals surface area contributed by atoms with Gasteiger partial charge < -0.3 is 4.74 Å². The first-order valence-corrected chi connectivity index (χ1v) is 8.96. The monoisotopic (exact) mass is 373 g/mol. The second-order valence-electron chi connectivity index (χ2n) is 6.52. The molecule has 2 heterocycles. The molecule has 0 aliphatic carbocycles. The van der Waals surface area contributed by atoms with Gasteiger partial charge in [-0.1, -0.05) is 30.5 Å². The SMILES string of the molecule is C=CCOC(=O)N1C(=O)C(C)(C)c2cc(C3=NNC(=O)SC3C)ccc21. The molecule has 0 radical (unpaired) electrons. The minimum Gasteiger partial charge on any atom is -0.445 e. The van der Waals surface area contributed by atoms with E-state index in [1.165, 1.54) is 6.08 Å². The van der Waals surface area contributed by atoms with Crippen LogP contribution >= 0.6 is 11.8 Å². The van der Waals surface area contributed by atoms with Gasteiger partial charge in [0.1, 0.15) is 6.61 Å². The van der Waals surface area contributed by atoms with E-state index in [-0.39, 0.29) is 23.0 Å². The molecule has 1 aromatic carbocycles. The molecule has 3 rings (SSSR count). The number of fused-ring (bicyclic) bond motifs is 1. The van der Waals surface area contributed by atoms with E-state index in [0.29, 0.717) is 17.0 Å². The Morgan fingerprint density at radius 2 is 2.19 bits per heavy atom. The topological polar surface area (TPSA) is 88.1 Å². The third-order valence-electron chi connectivity index (χ3n) is 4.39. The number of hydrogen-bond donors (Lipinski definition) is 1. The van der Waals surface area contributed by atoms with Crippen molar-refractivity contribution < 1.29 is 19.1 Å². The van der Waals surface area contributed by atoms with E-state index < -0.39 is 11.5 Å². The Kier molecular flexibility index (Phi) is 4.62. The Balaban J connectivity index is 2.02. The third-order valence-corrected chi connectivity index (χ3v) is 5.27. The van der Waals surface area contributed by atoms with Crippen LogP contribution in [0.1, 0.15) is 31.9 Å². The minimum atomic E-state index is -0.882. The molecule has 0 fully saturated rings. The van der Waals surface area contributed by atoms with E-state index in [1.54, 1.807) is 26.0 Å². The fraction of sp³-hybridized carbons (Fsp3) is 0.333. The van der Waals surface area contributed by atoms with E-state index in [9.17, 15) is 14.4 Å². The molecule has 0 saturated carbocycles. The number of amides is 3. The predicted molar refractivity (Wildman–Crippen MR) is 101 cm³/mol. The van der Waals surface area contributed by atoms with Crippen LogP contribution in [0.5, 0.6) is 0 Å². The van der Waals surface area contributed by atoms with Crippen LogP contribution in [0.4, 0.5) is 15.3 Å². The number of nitrogens with one attached hydrogen (secondary N) is 1. The quantitative estimate of drug-likeness (QED) is 0.822. The van der Waals surface area contributed by atoms with Crippen molar-refractivity contribution in [3.63, 3.8) is 0 Å². The molecule has 3 amide bonds. The van der Waals surface area contributed by atoms with E-state index in [0.717, 1.165) is 22.2 Å². The number of hydrogen-bond acceptors (Lipinski definition) is 6. The van der Waals surface area contributed by atoms with E-state index in [1.807, 2.05) is 13.0 Å². The highest BCUT2D eigenvalue weighted by atomic mass is 32.2. The molecule has 0 bridgehead atoms. The number of hydrazone groups is 1. The molecule has 0 spiro atoms. The number of imide groups is 1. The summed E-state index contributed by atoms with van der Waals surface area (Å²) in [4.78, 5) is 37.6. The van der Waals surface area contributed by atoms with E-state index in [4.69, 9.17) is 4.74 Å². The Labute approximate surface area is 155 Å². The van der Waals surface area contributed by atoms with Crippen molar-refractivity contribution in [2.45, 2.75) is 31.4 Å². The lowest BCUT2D eigenvalue weighted by atomic mass is 9.85. The molecule has 8 heteroatoms. The molecule has 2 aliphatic rings. The molecule has 1 N–H and O–H groups in total. The van der Waals surface area contributed by atoms with Gasteiger partial charge >= 0.3 is 6.09 Å². The normalized spacial score (nSPS) is 21.0. The number of rotatable bonds is 3. The highest BCUT2D eigenvalue weighted by Gasteiger charge is 2.47. The molecule has 136 valence electrons. The Hall–Kier alpha value is -2.61. The van der Waals surface area contributed by atoms with Gasteiger partial charge in [-0.05, 0) is 44.0 Å². The lowest BCUT2D eigenvalue weighted by Gasteiger charge is -2.20. The van der Waals surface area contributed by atoms with Crippen LogP contribution < -0.4 is 10.3 Å². The molecule has 1 aromatic rings. The number of benzene rings is 1. The van der Waals surface area contributed by atoms with Crippen LogP contribution in [-0.4, -0.2) is 34.8 Å². The maximum absolute atomic E-state index is 12.8. The maximum atomic E-state index is 12.8. The van der Waals surface area contributed by atoms with Gasteiger partial charge in [0.25, 0.3) is 5.24 Å². The molecule has 1 unspecified atom stereocenters. The van der Waals surface area contributed by atoms with E-state index >= 15 is 0 Å². The highest BCUT2D eigenvalue weighted by Crippen LogP contribution is 2.42. The molecule has 0 aromatic heterocycles. The Morgan fingerprint density at radius 3 is 2.85 bits per heavy atom. The molecule has 2 aliphatic heterocycles. The van der Waals surface area contributed by atoms with Crippen molar-refractivity contribution in [3.8, 4) is 0 Å². The zero-order valence-electron chi connectivity index (χ0n) is 14.7. The van der Waals surface area contributed by atoms with Gasteiger partial charge in [0.2, 0.25) is 5.91 Å². The van der Waals surface area contributed by atoms with Crippen molar-refractivity contribution >= 4 is 40.4 Å². The summed E-state index contributed by atoms with van der Waals surface area (Å²) < 4.78 is 5.04.